The Morgan fingerprint density at radius 3 is 2.69 bits per heavy atom. The lowest BCUT2D eigenvalue weighted by Gasteiger charge is -2.18. The van der Waals surface area contributed by atoms with Gasteiger partial charge in [0.05, 0.1) is 5.69 Å². The average molecular weight is 221 g/mol. The van der Waals surface area contributed by atoms with Crippen LogP contribution in [0.5, 0.6) is 0 Å². The molecule has 0 radical (unpaired) electrons. The summed E-state index contributed by atoms with van der Waals surface area (Å²) in [6.45, 7) is 4.47. The summed E-state index contributed by atoms with van der Waals surface area (Å²) in [6.07, 6.45) is 11.2. The molecule has 0 aliphatic rings. The summed E-state index contributed by atoms with van der Waals surface area (Å²) in [5, 5.41) is 0. The predicted molar refractivity (Wildman–Crippen MR) is 66.9 cm³/mol. The third kappa shape index (κ3) is 4.27. The van der Waals surface area contributed by atoms with Crippen LogP contribution in [0.2, 0.25) is 0 Å². The van der Waals surface area contributed by atoms with Crippen molar-refractivity contribution in [1.82, 2.24) is 9.97 Å². The van der Waals surface area contributed by atoms with E-state index in [0.29, 0.717) is 0 Å². The molecule has 0 saturated heterocycles. The van der Waals surface area contributed by atoms with Gasteiger partial charge >= 0.3 is 0 Å². The van der Waals surface area contributed by atoms with Crippen LogP contribution >= 0.6 is 0 Å². The third-order valence-electron chi connectivity index (χ3n) is 3.09. The van der Waals surface area contributed by atoms with Crippen molar-refractivity contribution >= 4 is 0 Å². The number of hydrogen-bond donors (Lipinski definition) is 1. The van der Waals surface area contributed by atoms with Crippen LogP contribution in [-0.2, 0) is 0 Å². The molecule has 3 heteroatoms. The van der Waals surface area contributed by atoms with E-state index in [4.69, 9.17) is 5.73 Å². The van der Waals surface area contributed by atoms with E-state index in [1.54, 1.807) is 18.6 Å². The average Bonchev–Trinajstić information content (AvgIpc) is 2.35. The van der Waals surface area contributed by atoms with Crippen LogP contribution in [0.15, 0.2) is 18.6 Å². The van der Waals surface area contributed by atoms with Gasteiger partial charge in [-0.15, -0.1) is 0 Å². The molecule has 0 saturated carbocycles. The lowest BCUT2D eigenvalue weighted by atomic mass is 9.91. The van der Waals surface area contributed by atoms with E-state index in [1.165, 1.54) is 25.7 Å². The van der Waals surface area contributed by atoms with E-state index in [9.17, 15) is 0 Å². The molecule has 2 atom stereocenters. The van der Waals surface area contributed by atoms with Crippen LogP contribution < -0.4 is 5.73 Å². The summed E-state index contributed by atoms with van der Waals surface area (Å²) in [7, 11) is 0. The third-order valence-corrected chi connectivity index (χ3v) is 3.09. The molecule has 0 bridgehead atoms. The number of rotatable bonds is 7. The molecule has 1 aromatic rings. The number of unbranched alkanes of at least 4 members (excludes halogenated alkanes) is 1. The minimum absolute atomic E-state index is 0.0375. The van der Waals surface area contributed by atoms with Crippen molar-refractivity contribution in [2.75, 3.05) is 0 Å². The molecular weight excluding hydrogens is 198 g/mol. The Labute approximate surface area is 98.5 Å². The monoisotopic (exact) mass is 221 g/mol. The molecule has 1 aromatic heterocycles. The smallest absolute Gasteiger partial charge is 0.0753 e. The topological polar surface area (TPSA) is 51.8 Å². The molecule has 2 unspecified atom stereocenters. The SMILES string of the molecule is CCCCC(CC)CC(N)c1cnccn1. The highest BCUT2D eigenvalue weighted by atomic mass is 14.8. The van der Waals surface area contributed by atoms with E-state index in [0.717, 1.165) is 18.0 Å². The summed E-state index contributed by atoms with van der Waals surface area (Å²) >= 11 is 0. The maximum atomic E-state index is 6.14. The largest absolute Gasteiger partial charge is 0.323 e. The summed E-state index contributed by atoms with van der Waals surface area (Å²) in [5.74, 6) is 0.719. The molecule has 0 aliphatic carbocycles. The van der Waals surface area contributed by atoms with Gasteiger partial charge in [0, 0.05) is 24.6 Å². The fraction of sp³-hybridized carbons (Fsp3) is 0.692. The quantitative estimate of drug-likeness (QED) is 0.769. The van der Waals surface area contributed by atoms with Crippen molar-refractivity contribution in [2.45, 2.75) is 52.0 Å². The van der Waals surface area contributed by atoms with E-state index in [-0.39, 0.29) is 6.04 Å². The molecule has 2 N–H and O–H groups in total. The first-order chi connectivity index (χ1) is 7.77. The second-order valence-electron chi connectivity index (χ2n) is 4.39. The number of hydrogen-bond acceptors (Lipinski definition) is 3. The van der Waals surface area contributed by atoms with Gasteiger partial charge in [-0.05, 0) is 12.3 Å². The normalized spacial score (nSPS) is 14.7. The van der Waals surface area contributed by atoms with E-state index in [1.807, 2.05) is 0 Å². The molecule has 0 amide bonds. The maximum Gasteiger partial charge on any atom is 0.0753 e. The van der Waals surface area contributed by atoms with Crippen LogP contribution in [0.3, 0.4) is 0 Å². The van der Waals surface area contributed by atoms with Gasteiger partial charge in [0.15, 0.2) is 0 Å². The summed E-state index contributed by atoms with van der Waals surface area (Å²) in [6, 6.07) is 0.0375. The van der Waals surface area contributed by atoms with Crippen LogP contribution in [0.25, 0.3) is 0 Å². The van der Waals surface area contributed by atoms with Gasteiger partial charge in [0.2, 0.25) is 0 Å². The number of nitrogens with two attached hydrogens (primary N) is 1. The fourth-order valence-electron chi connectivity index (χ4n) is 1.96. The maximum absolute atomic E-state index is 6.14. The highest BCUT2D eigenvalue weighted by molar-refractivity contribution is 5.01. The molecular formula is C13H23N3. The molecule has 0 fully saturated rings. The van der Waals surface area contributed by atoms with Gasteiger partial charge in [-0.3, -0.25) is 9.97 Å². The van der Waals surface area contributed by atoms with Crippen molar-refractivity contribution in [3.8, 4) is 0 Å². The van der Waals surface area contributed by atoms with Gasteiger partial charge in [0.1, 0.15) is 0 Å². The van der Waals surface area contributed by atoms with Crippen LogP contribution in [0, 0.1) is 5.92 Å². The summed E-state index contributed by atoms with van der Waals surface area (Å²) in [4.78, 5) is 8.32. The Balaban J connectivity index is 2.45. The van der Waals surface area contributed by atoms with Crippen LogP contribution in [-0.4, -0.2) is 9.97 Å². The summed E-state index contributed by atoms with van der Waals surface area (Å²) < 4.78 is 0. The first-order valence-electron chi connectivity index (χ1n) is 6.29. The molecule has 0 spiro atoms. The van der Waals surface area contributed by atoms with Gasteiger partial charge in [-0.2, -0.15) is 0 Å². The minimum Gasteiger partial charge on any atom is -0.323 e. The predicted octanol–water partition coefficient (Wildman–Crippen LogP) is 3.08. The van der Waals surface area contributed by atoms with Gasteiger partial charge in [-0.1, -0.05) is 39.5 Å². The minimum atomic E-state index is 0.0375. The van der Waals surface area contributed by atoms with Crippen LogP contribution in [0.4, 0.5) is 0 Å². The Bertz CT molecular complexity index is 274. The Morgan fingerprint density at radius 1 is 1.31 bits per heavy atom. The molecule has 16 heavy (non-hydrogen) atoms. The van der Waals surface area contributed by atoms with E-state index < -0.39 is 0 Å². The second kappa shape index (κ2) is 7.34. The van der Waals surface area contributed by atoms with Crippen molar-refractivity contribution in [1.29, 1.82) is 0 Å². The van der Waals surface area contributed by atoms with Crippen molar-refractivity contribution in [3.05, 3.63) is 24.3 Å². The zero-order valence-electron chi connectivity index (χ0n) is 10.4. The van der Waals surface area contributed by atoms with Gasteiger partial charge < -0.3 is 5.73 Å². The van der Waals surface area contributed by atoms with Gasteiger partial charge in [0.25, 0.3) is 0 Å². The molecule has 0 aromatic carbocycles. The first kappa shape index (κ1) is 13.1. The first-order valence-corrected chi connectivity index (χ1v) is 6.29. The molecule has 1 rings (SSSR count). The number of nitrogens with zero attached hydrogens (tertiary/aromatic N) is 2. The van der Waals surface area contributed by atoms with Crippen molar-refractivity contribution in [2.24, 2.45) is 11.7 Å². The standard InChI is InChI=1S/C13H23N3/c1-3-5-6-11(4-2)9-12(14)13-10-15-7-8-16-13/h7-8,10-12H,3-6,9,14H2,1-2H3. The fourth-order valence-corrected chi connectivity index (χ4v) is 1.96. The lowest BCUT2D eigenvalue weighted by molar-refractivity contribution is 0.385. The van der Waals surface area contributed by atoms with E-state index >= 15 is 0 Å². The highest BCUT2D eigenvalue weighted by Crippen LogP contribution is 2.23. The lowest BCUT2D eigenvalue weighted by Crippen LogP contribution is -2.16. The number of aromatic nitrogens is 2. The van der Waals surface area contributed by atoms with E-state index in [2.05, 4.69) is 23.8 Å². The molecule has 0 aliphatic heterocycles. The second-order valence-corrected chi connectivity index (χ2v) is 4.39. The molecule has 3 nitrogen and oxygen atoms in total. The molecule has 1 heterocycles. The Hall–Kier alpha value is -0.960. The zero-order chi connectivity index (χ0) is 11.8. The van der Waals surface area contributed by atoms with Gasteiger partial charge in [-0.25, -0.2) is 0 Å². The Morgan fingerprint density at radius 2 is 2.12 bits per heavy atom. The van der Waals surface area contributed by atoms with Crippen LogP contribution in [0.1, 0.15) is 57.7 Å². The van der Waals surface area contributed by atoms with Crippen molar-refractivity contribution < 1.29 is 0 Å². The summed E-state index contributed by atoms with van der Waals surface area (Å²) in [5.41, 5.74) is 7.06. The highest BCUT2D eigenvalue weighted by Gasteiger charge is 2.14. The molecule has 90 valence electrons. The zero-order valence-corrected chi connectivity index (χ0v) is 10.4. The Kier molecular flexibility index (Phi) is 6.01. The van der Waals surface area contributed by atoms with Crippen molar-refractivity contribution in [3.63, 3.8) is 0 Å².